The molecule has 0 atom stereocenters. The molecular formula is C19H23N3O2. The number of nitrogens with zero attached hydrogens (tertiary/aromatic N) is 1. The molecule has 2 amide bonds. The van der Waals surface area contributed by atoms with Gasteiger partial charge in [0.1, 0.15) is 5.41 Å². The normalized spacial score (nSPS) is 18.9. The highest BCUT2D eigenvalue weighted by atomic mass is 16.2. The van der Waals surface area contributed by atoms with Crippen LogP contribution in [-0.2, 0) is 16.1 Å². The number of rotatable bonds is 5. The Balaban J connectivity index is 1.53. The number of nitrogens with one attached hydrogen (secondary N) is 2. The van der Waals surface area contributed by atoms with Crippen LogP contribution >= 0.6 is 0 Å². The van der Waals surface area contributed by atoms with E-state index in [-0.39, 0.29) is 17.9 Å². The summed E-state index contributed by atoms with van der Waals surface area (Å²) in [5.41, 5.74) is 1.04. The number of anilines is 1. The fourth-order valence-electron chi connectivity index (χ4n) is 3.44. The summed E-state index contributed by atoms with van der Waals surface area (Å²) in [5, 5.41) is 7.07. The van der Waals surface area contributed by atoms with E-state index in [0.29, 0.717) is 12.8 Å². The molecule has 2 aliphatic rings. The SMILES string of the molecule is CCn1ccc2cc(NC(=O)C3(C(=O)NC4CC4)CCC3)ccc21. The lowest BCUT2D eigenvalue weighted by atomic mass is 9.67. The first-order valence-corrected chi connectivity index (χ1v) is 8.84. The molecule has 5 heteroatoms. The van der Waals surface area contributed by atoms with Gasteiger partial charge in [-0.05, 0) is 56.9 Å². The van der Waals surface area contributed by atoms with Crippen molar-refractivity contribution in [1.82, 2.24) is 9.88 Å². The molecule has 0 bridgehead atoms. The second-order valence-corrected chi connectivity index (χ2v) is 7.01. The summed E-state index contributed by atoms with van der Waals surface area (Å²) in [7, 11) is 0. The molecule has 2 N–H and O–H groups in total. The summed E-state index contributed by atoms with van der Waals surface area (Å²) in [6.07, 6.45) is 6.34. The molecule has 1 aromatic heterocycles. The van der Waals surface area contributed by atoms with Crippen molar-refractivity contribution in [2.45, 2.75) is 51.6 Å². The topological polar surface area (TPSA) is 63.1 Å². The van der Waals surface area contributed by atoms with Crippen molar-refractivity contribution in [2.75, 3.05) is 5.32 Å². The van der Waals surface area contributed by atoms with Gasteiger partial charge in [0, 0.05) is 35.4 Å². The highest BCUT2D eigenvalue weighted by molar-refractivity contribution is 6.11. The van der Waals surface area contributed by atoms with Gasteiger partial charge < -0.3 is 15.2 Å². The van der Waals surface area contributed by atoms with Gasteiger partial charge in [-0.25, -0.2) is 0 Å². The third kappa shape index (κ3) is 2.48. The molecule has 0 saturated heterocycles. The van der Waals surface area contributed by atoms with Gasteiger partial charge >= 0.3 is 0 Å². The van der Waals surface area contributed by atoms with Crippen LogP contribution in [0.1, 0.15) is 39.0 Å². The maximum absolute atomic E-state index is 12.8. The zero-order chi connectivity index (χ0) is 16.7. The van der Waals surface area contributed by atoms with Crippen LogP contribution < -0.4 is 10.6 Å². The molecule has 0 unspecified atom stereocenters. The minimum Gasteiger partial charge on any atom is -0.352 e. The standard InChI is InChI=1S/C19H23N3O2/c1-2-22-11-8-13-12-15(6-7-16(13)22)21-18(24)19(9-3-10-19)17(23)20-14-4-5-14/h6-8,11-12,14H,2-5,9-10H2,1H3,(H,20,23)(H,21,24). The molecule has 1 heterocycles. The van der Waals surface area contributed by atoms with Gasteiger partial charge in [0.05, 0.1) is 0 Å². The first-order chi connectivity index (χ1) is 11.6. The second kappa shape index (κ2) is 5.65. The van der Waals surface area contributed by atoms with Crippen LogP contribution in [0.4, 0.5) is 5.69 Å². The Morgan fingerprint density at radius 1 is 1.21 bits per heavy atom. The minimum absolute atomic E-state index is 0.0908. The molecular weight excluding hydrogens is 302 g/mol. The number of aromatic nitrogens is 1. The average molecular weight is 325 g/mol. The van der Waals surface area contributed by atoms with Gasteiger partial charge in [-0.2, -0.15) is 0 Å². The lowest BCUT2D eigenvalue weighted by molar-refractivity contribution is -0.146. The maximum atomic E-state index is 12.8. The molecule has 126 valence electrons. The van der Waals surface area contributed by atoms with Gasteiger partial charge in [-0.3, -0.25) is 9.59 Å². The summed E-state index contributed by atoms with van der Waals surface area (Å²) in [5.74, 6) is -0.256. The molecule has 0 spiro atoms. The number of hydrogen-bond acceptors (Lipinski definition) is 2. The van der Waals surface area contributed by atoms with E-state index in [9.17, 15) is 9.59 Å². The van der Waals surface area contributed by atoms with Gasteiger partial charge in [0.25, 0.3) is 0 Å². The smallest absolute Gasteiger partial charge is 0.240 e. The van der Waals surface area contributed by atoms with Crippen LogP contribution in [0.25, 0.3) is 10.9 Å². The van der Waals surface area contributed by atoms with E-state index in [1.54, 1.807) is 0 Å². The number of carbonyl (C=O) groups is 2. The molecule has 2 saturated carbocycles. The van der Waals surface area contributed by atoms with Gasteiger partial charge in [-0.1, -0.05) is 6.42 Å². The third-order valence-corrected chi connectivity index (χ3v) is 5.36. The molecule has 4 rings (SSSR count). The van der Waals surface area contributed by atoms with E-state index in [1.165, 1.54) is 0 Å². The molecule has 0 radical (unpaired) electrons. The van der Waals surface area contributed by atoms with Gasteiger partial charge in [-0.15, -0.1) is 0 Å². The Bertz CT molecular complexity index is 800. The van der Waals surface area contributed by atoms with E-state index >= 15 is 0 Å². The molecule has 24 heavy (non-hydrogen) atoms. The summed E-state index contributed by atoms with van der Waals surface area (Å²) in [6, 6.07) is 8.25. The first-order valence-electron chi connectivity index (χ1n) is 8.84. The van der Waals surface area contributed by atoms with Crippen LogP contribution in [0.2, 0.25) is 0 Å². The lowest BCUT2D eigenvalue weighted by Gasteiger charge is -2.38. The van der Waals surface area contributed by atoms with Crippen molar-refractivity contribution in [1.29, 1.82) is 0 Å². The Morgan fingerprint density at radius 2 is 2.00 bits per heavy atom. The van der Waals surface area contributed by atoms with Crippen LogP contribution in [0.15, 0.2) is 30.5 Å². The van der Waals surface area contributed by atoms with Gasteiger partial charge in [0.15, 0.2) is 0 Å². The Morgan fingerprint density at radius 3 is 2.62 bits per heavy atom. The number of fused-ring (bicyclic) bond motifs is 1. The molecule has 0 aliphatic heterocycles. The first kappa shape index (κ1) is 15.2. The number of carbonyl (C=O) groups excluding carboxylic acids is 2. The van der Waals surface area contributed by atoms with E-state index in [0.717, 1.165) is 42.4 Å². The van der Waals surface area contributed by atoms with Crippen molar-refractivity contribution < 1.29 is 9.59 Å². The molecule has 2 fully saturated rings. The summed E-state index contributed by atoms with van der Waals surface area (Å²) >= 11 is 0. The largest absolute Gasteiger partial charge is 0.352 e. The maximum Gasteiger partial charge on any atom is 0.240 e. The highest BCUT2D eigenvalue weighted by Gasteiger charge is 2.51. The second-order valence-electron chi connectivity index (χ2n) is 7.01. The zero-order valence-electron chi connectivity index (χ0n) is 14.0. The fraction of sp³-hybridized carbons (Fsp3) is 0.474. The lowest BCUT2D eigenvalue weighted by Crippen LogP contribution is -2.53. The monoisotopic (exact) mass is 325 g/mol. The van der Waals surface area contributed by atoms with Crippen LogP contribution in [0.5, 0.6) is 0 Å². The van der Waals surface area contributed by atoms with Crippen molar-refractivity contribution in [2.24, 2.45) is 5.41 Å². The summed E-state index contributed by atoms with van der Waals surface area (Å²) < 4.78 is 2.16. The third-order valence-electron chi connectivity index (χ3n) is 5.36. The van der Waals surface area contributed by atoms with Crippen molar-refractivity contribution in [3.63, 3.8) is 0 Å². The van der Waals surface area contributed by atoms with Crippen molar-refractivity contribution >= 4 is 28.4 Å². The van der Waals surface area contributed by atoms with Crippen LogP contribution in [-0.4, -0.2) is 22.4 Å². The molecule has 2 aromatic rings. The fourth-order valence-corrected chi connectivity index (χ4v) is 3.44. The van der Waals surface area contributed by atoms with E-state index in [4.69, 9.17) is 0 Å². The number of aryl methyl sites for hydroxylation is 1. The van der Waals surface area contributed by atoms with E-state index in [2.05, 4.69) is 22.1 Å². The predicted octanol–water partition coefficient (Wildman–Crippen LogP) is 3.05. The number of amides is 2. The number of benzene rings is 1. The Hall–Kier alpha value is -2.30. The van der Waals surface area contributed by atoms with Crippen molar-refractivity contribution in [3.05, 3.63) is 30.5 Å². The van der Waals surface area contributed by atoms with Crippen LogP contribution in [0.3, 0.4) is 0 Å². The van der Waals surface area contributed by atoms with E-state index in [1.807, 2.05) is 30.5 Å². The summed E-state index contributed by atoms with van der Waals surface area (Å²) in [6.45, 7) is 3.02. The highest BCUT2D eigenvalue weighted by Crippen LogP contribution is 2.43. The van der Waals surface area contributed by atoms with Crippen LogP contribution in [0, 0.1) is 5.41 Å². The Kier molecular flexibility index (Phi) is 3.59. The molecule has 1 aromatic carbocycles. The molecule has 2 aliphatic carbocycles. The number of hydrogen-bond donors (Lipinski definition) is 2. The Labute approximate surface area is 141 Å². The molecule has 5 nitrogen and oxygen atoms in total. The van der Waals surface area contributed by atoms with E-state index < -0.39 is 5.41 Å². The average Bonchev–Trinajstić information content (AvgIpc) is 3.23. The van der Waals surface area contributed by atoms with Gasteiger partial charge in [0.2, 0.25) is 11.8 Å². The van der Waals surface area contributed by atoms with Crippen molar-refractivity contribution in [3.8, 4) is 0 Å². The predicted molar refractivity (Wildman–Crippen MR) is 93.7 cm³/mol. The quantitative estimate of drug-likeness (QED) is 0.830. The summed E-state index contributed by atoms with van der Waals surface area (Å²) in [4.78, 5) is 25.3. The zero-order valence-corrected chi connectivity index (χ0v) is 14.0. The minimum atomic E-state index is -0.868.